The zero-order valence-electron chi connectivity index (χ0n) is 17.8. The van der Waals surface area contributed by atoms with Crippen molar-refractivity contribution in [1.82, 2.24) is 19.8 Å². The summed E-state index contributed by atoms with van der Waals surface area (Å²) in [6.07, 6.45) is 5.34. The van der Waals surface area contributed by atoms with Gasteiger partial charge in [0.2, 0.25) is 5.91 Å². The molecule has 1 aliphatic heterocycles. The van der Waals surface area contributed by atoms with Gasteiger partial charge in [0, 0.05) is 50.1 Å². The van der Waals surface area contributed by atoms with Gasteiger partial charge < -0.3 is 10.2 Å². The van der Waals surface area contributed by atoms with E-state index < -0.39 is 11.8 Å². The predicted molar refractivity (Wildman–Crippen MR) is 115 cm³/mol. The first-order valence-electron chi connectivity index (χ1n) is 11.3. The van der Waals surface area contributed by atoms with Gasteiger partial charge in [0.25, 0.3) is 5.92 Å². The second-order valence-corrected chi connectivity index (χ2v) is 9.09. The number of aromatic nitrogens is 2. The molecule has 1 saturated heterocycles. The topological polar surface area (TPSA) is 85.2 Å². The number of halogens is 2. The van der Waals surface area contributed by atoms with Crippen molar-refractivity contribution in [3.8, 4) is 6.07 Å². The molecule has 1 N–H and O–H groups in total. The third-order valence-electron chi connectivity index (χ3n) is 7.07. The highest BCUT2D eigenvalue weighted by Crippen LogP contribution is 2.49. The first-order chi connectivity index (χ1) is 15.4. The molecule has 7 nitrogen and oxygen atoms in total. The number of hydrogen-bond acceptors (Lipinski definition) is 6. The summed E-state index contributed by atoms with van der Waals surface area (Å²) in [7, 11) is 0. The van der Waals surface area contributed by atoms with Crippen LogP contribution in [0.2, 0.25) is 0 Å². The number of fused-ring (bicyclic) bond motifs is 1. The van der Waals surface area contributed by atoms with E-state index in [0.29, 0.717) is 30.7 Å². The highest BCUT2D eigenvalue weighted by molar-refractivity contribution is 5.90. The summed E-state index contributed by atoms with van der Waals surface area (Å²) in [6, 6.07) is 8.34. The maximum absolute atomic E-state index is 13.2. The normalized spacial score (nSPS) is 27.7. The lowest BCUT2D eigenvalue weighted by Gasteiger charge is -2.42. The molecule has 1 atom stereocenters. The van der Waals surface area contributed by atoms with Crippen molar-refractivity contribution >= 4 is 22.6 Å². The van der Waals surface area contributed by atoms with E-state index in [0.717, 1.165) is 55.5 Å². The predicted octanol–water partition coefficient (Wildman–Crippen LogP) is 3.02. The zero-order chi connectivity index (χ0) is 22.3. The van der Waals surface area contributed by atoms with Crippen LogP contribution >= 0.6 is 0 Å². The highest BCUT2D eigenvalue weighted by atomic mass is 19.3. The Balaban J connectivity index is 1.14. The number of nitriles is 1. The van der Waals surface area contributed by atoms with Crippen molar-refractivity contribution in [2.45, 2.75) is 50.1 Å². The Bertz CT molecular complexity index is 1050. The Labute approximate surface area is 185 Å². The molecule has 9 heteroatoms. The van der Waals surface area contributed by atoms with Crippen molar-refractivity contribution in [2.75, 3.05) is 31.5 Å². The molecule has 1 aromatic heterocycles. The second-order valence-electron chi connectivity index (χ2n) is 9.09. The molecular weight excluding hydrogens is 414 g/mol. The molecule has 0 radical (unpaired) electrons. The monoisotopic (exact) mass is 440 g/mol. The standard InChI is InChI=1S/C23H26F2N6O/c24-23(25)12-19(23)22(32)31-9-7-30(8-10-31)17-4-2-16(3-5-17)29-21-18-11-15(13-26)1-6-20(18)27-14-28-21/h1,6,11,14,16-17,19H,2-5,7-10,12H2,(H,27,28,29). The molecule has 2 aliphatic carbocycles. The molecule has 1 unspecified atom stereocenters. The lowest BCUT2D eigenvalue weighted by Crippen LogP contribution is -2.53. The third kappa shape index (κ3) is 4.11. The van der Waals surface area contributed by atoms with E-state index >= 15 is 0 Å². The number of amides is 1. The maximum atomic E-state index is 13.2. The fraction of sp³-hybridized carbons (Fsp3) is 0.565. The van der Waals surface area contributed by atoms with Gasteiger partial charge in [-0.1, -0.05) is 0 Å². The van der Waals surface area contributed by atoms with Gasteiger partial charge in [0.15, 0.2) is 0 Å². The Morgan fingerprint density at radius 1 is 1.12 bits per heavy atom. The lowest BCUT2D eigenvalue weighted by molar-refractivity contribution is -0.137. The second kappa shape index (κ2) is 8.24. The molecule has 2 heterocycles. The van der Waals surface area contributed by atoms with Gasteiger partial charge in [-0.3, -0.25) is 9.69 Å². The summed E-state index contributed by atoms with van der Waals surface area (Å²) in [5.41, 5.74) is 1.40. The van der Waals surface area contributed by atoms with Gasteiger partial charge in [-0.2, -0.15) is 5.26 Å². The summed E-state index contributed by atoms with van der Waals surface area (Å²) in [4.78, 5) is 24.9. The van der Waals surface area contributed by atoms with Crippen molar-refractivity contribution in [1.29, 1.82) is 5.26 Å². The van der Waals surface area contributed by atoms with Gasteiger partial charge in [-0.05, 0) is 43.9 Å². The third-order valence-corrected chi connectivity index (χ3v) is 7.07. The zero-order valence-corrected chi connectivity index (χ0v) is 17.8. The van der Waals surface area contributed by atoms with E-state index in [1.165, 1.54) is 0 Å². The smallest absolute Gasteiger partial charge is 0.260 e. The van der Waals surface area contributed by atoms with Crippen molar-refractivity contribution in [2.24, 2.45) is 5.92 Å². The van der Waals surface area contributed by atoms with Crippen LogP contribution in [0.5, 0.6) is 0 Å². The van der Waals surface area contributed by atoms with E-state index in [-0.39, 0.29) is 12.3 Å². The Morgan fingerprint density at radius 3 is 2.50 bits per heavy atom. The van der Waals surface area contributed by atoms with Crippen LogP contribution in [-0.4, -0.2) is 69.9 Å². The maximum Gasteiger partial charge on any atom is 0.260 e. The summed E-state index contributed by atoms with van der Waals surface area (Å²) < 4.78 is 26.4. The molecule has 1 aromatic carbocycles. The van der Waals surface area contributed by atoms with Gasteiger partial charge in [-0.25, -0.2) is 18.7 Å². The number of rotatable bonds is 4. The van der Waals surface area contributed by atoms with E-state index in [4.69, 9.17) is 0 Å². The van der Waals surface area contributed by atoms with E-state index in [1.54, 1.807) is 17.3 Å². The fourth-order valence-corrected chi connectivity index (χ4v) is 5.03. The Morgan fingerprint density at radius 2 is 1.84 bits per heavy atom. The molecule has 0 spiro atoms. The average molecular weight is 440 g/mol. The highest BCUT2D eigenvalue weighted by Gasteiger charge is 2.62. The first-order valence-corrected chi connectivity index (χ1v) is 11.3. The van der Waals surface area contributed by atoms with Crippen LogP contribution in [0.3, 0.4) is 0 Å². The van der Waals surface area contributed by atoms with Gasteiger partial charge >= 0.3 is 0 Å². The SMILES string of the molecule is N#Cc1ccc2ncnc(NC3CCC(N4CCN(C(=O)C5CC5(F)F)CC4)CC3)c2c1. The van der Waals surface area contributed by atoms with E-state index in [9.17, 15) is 18.8 Å². The summed E-state index contributed by atoms with van der Waals surface area (Å²) >= 11 is 0. The minimum atomic E-state index is -2.79. The fourth-order valence-electron chi connectivity index (χ4n) is 5.03. The van der Waals surface area contributed by atoms with Gasteiger partial charge in [-0.15, -0.1) is 0 Å². The van der Waals surface area contributed by atoms with Crippen LogP contribution in [0.4, 0.5) is 14.6 Å². The van der Waals surface area contributed by atoms with E-state index in [1.807, 2.05) is 12.1 Å². The number of carbonyl (C=O) groups is 1. The molecule has 2 saturated carbocycles. The van der Waals surface area contributed by atoms with Crippen molar-refractivity contribution in [3.63, 3.8) is 0 Å². The van der Waals surface area contributed by atoms with Crippen LogP contribution in [0.1, 0.15) is 37.7 Å². The number of hydrogen-bond donors (Lipinski definition) is 1. The van der Waals surface area contributed by atoms with Crippen LogP contribution < -0.4 is 5.32 Å². The molecule has 168 valence electrons. The Kier molecular flexibility index (Phi) is 5.41. The van der Waals surface area contributed by atoms with E-state index in [2.05, 4.69) is 26.3 Å². The van der Waals surface area contributed by atoms with Crippen LogP contribution in [0, 0.1) is 17.2 Å². The van der Waals surface area contributed by atoms with Crippen molar-refractivity contribution in [3.05, 3.63) is 30.1 Å². The van der Waals surface area contributed by atoms with Crippen molar-refractivity contribution < 1.29 is 13.6 Å². The molecule has 5 rings (SSSR count). The largest absolute Gasteiger partial charge is 0.367 e. The minimum absolute atomic E-state index is 0.289. The van der Waals surface area contributed by atoms with Crippen LogP contribution in [0.25, 0.3) is 10.9 Å². The molecule has 3 fully saturated rings. The molecule has 32 heavy (non-hydrogen) atoms. The molecule has 3 aliphatic rings. The summed E-state index contributed by atoms with van der Waals surface area (Å²) in [5.74, 6) is -3.48. The molecule has 1 amide bonds. The average Bonchev–Trinajstić information content (AvgIpc) is 3.47. The Hall–Kier alpha value is -2.86. The molecule has 0 bridgehead atoms. The molecular formula is C23H26F2N6O. The van der Waals surface area contributed by atoms with Crippen LogP contribution in [-0.2, 0) is 4.79 Å². The number of nitrogens with one attached hydrogen (secondary N) is 1. The van der Waals surface area contributed by atoms with Gasteiger partial charge in [0.1, 0.15) is 18.1 Å². The lowest BCUT2D eigenvalue weighted by atomic mass is 9.89. The summed E-state index contributed by atoms with van der Waals surface area (Å²) in [6.45, 7) is 2.58. The number of anilines is 1. The van der Waals surface area contributed by atoms with Crippen LogP contribution in [0.15, 0.2) is 24.5 Å². The number of benzene rings is 1. The summed E-state index contributed by atoms with van der Waals surface area (Å²) in [5, 5.41) is 13.6. The number of carbonyl (C=O) groups excluding carboxylic acids is 1. The first kappa shape index (κ1) is 21.0. The van der Waals surface area contributed by atoms with Gasteiger partial charge in [0.05, 0.1) is 17.1 Å². The minimum Gasteiger partial charge on any atom is -0.367 e. The number of piperazine rings is 1. The number of alkyl halides is 2. The molecule has 2 aromatic rings. The quantitative estimate of drug-likeness (QED) is 0.787. The number of nitrogens with zero attached hydrogens (tertiary/aromatic N) is 5.